The zero-order valence-corrected chi connectivity index (χ0v) is 16.7. The van der Waals surface area contributed by atoms with Crippen LogP contribution >= 0.6 is 0 Å². The maximum Gasteiger partial charge on any atom is 0.243 e. The van der Waals surface area contributed by atoms with Gasteiger partial charge in [-0.15, -0.1) is 0 Å². The van der Waals surface area contributed by atoms with Gasteiger partial charge in [-0.05, 0) is 38.1 Å². The van der Waals surface area contributed by atoms with Crippen molar-refractivity contribution < 1.29 is 22.5 Å². The van der Waals surface area contributed by atoms with Crippen molar-refractivity contribution in [3.8, 4) is 11.4 Å². The Bertz CT molecular complexity index is 902. The molecule has 28 heavy (non-hydrogen) atoms. The number of amides is 1. The number of sulfonamides is 1. The number of carbonyl (C=O) groups is 1. The maximum atomic E-state index is 12.6. The van der Waals surface area contributed by atoms with Crippen LogP contribution in [-0.2, 0) is 26.0 Å². The van der Waals surface area contributed by atoms with Crippen LogP contribution in [-0.4, -0.2) is 61.1 Å². The third kappa shape index (κ3) is 4.94. The number of benzene rings is 1. The number of aryl methyl sites for hydroxylation is 1. The second-order valence-corrected chi connectivity index (χ2v) is 8.71. The Morgan fingerprint density at radius 3 is 2.54 bits per heavy atom. The van der Waals surface area contributed by atoms with E-state index in [2.05, 4.69) is 15.5 Å². The number of hydrogen-bond donors (Lipinski definition) is 1. The lowest BCUT2D eigenvalue weighted by Gasteiger charge is -2.26. The molecule has 152 valence electrons. The van der Waals surface area contributed by atoms with Gasteiger partial charge in [0, 0.05) is 37.5 Å². The summed E-state index contributed by atoms with van der Waals surface area (Å²) in [6.45, 7) is 5.29. The monoisotopic (exact) mass is 408 g/mol. The predicted molar refractivity (Wildman–Crippen MR) is 101 cm³/mol. The van der Waals surface area contributed by atoms with Crippen LogP contribution in [0.25, 0.3) is 11.4 Å². The molecule has 0 saturated carbocycles. The Kier molecular flexibility index (Phi) is 6.42. The standard InChI is InChI=1S/C18H24N4O5S/c1-13(2)19-16(23)7-8-17-20-18(21-27-17)14-3-5-15(6-4-14)28(24,25)22-9-11-26-12-10-22/h3-6,13H,7-12H2,1-2H3,(H,19,23). The van der Waals surface area contributed by atoms with E-state index in [1.165, 1.54) is 16.4 Å². The van der Waals surface area contributed by atoms with Gasteiger partial charge in [-0.3, -0.25) is 4.79 Å². The first-order valence-electron chi connectivity index (χ1n) is 9.16. The number of ether oxygens (including phenoxy) is 1. The van der Waals surface area contributed by atoms with Gasteiger partial charge < -0.3 is 14.6 Å². The van der Waals surface area contributed by atoms with Crippen molar-refractivity contribution >= 4 is 15.9 Å². The molecule has 1 aliphatic rings. The molecule has 0 aliphatic carbocycles. The fraction of sp³-hybridized carbons (Fsp3) is 0.500. The minimum Gasteiger partial charge on any atom is -0.379 e. The van der Waals surface area contributed by atoms with Crippen molar-refractivity contribution in [2.24, 2.45) is 0 Å². The average molecular weight is 408 g/mol. The summed E-state index contributed by atoms with van der Waals surface area (Å²) in [6, 6.07) is 6.44. The van der Waals surface area contributed by atoms with Crippen LogP contribution in [0.5, 0.6) is 0 Å². The molecule has 3 rings (SSSR count). The lowest BCUT2D eigenvalue weighted by molar-refractivity contribution is -0.121. The predicted octanol–water partition coefficient (Wildman–Crippen LogP) is 1.21. The minimum atomic E-state index is -3.54. The molecule has 1 fully saturated rings. The highest BCUT2D eigenvalue weighted by molar-refractivity contribution is 7.89. The molecule has 0 atom stereocenters. The Balaban J connectivity index is 1.65. The van der Waals surface area contributed by atoms with E-state index in [0.717, 1.165) is 0 Å². The van der Waals surface area contributed by atoms with E-state index in [0.29, 0.717) is 50.0 Å². The number of nitrogens with zero attached hydrogens (tertiary/aromatic N) is 3. The van der Waals surface area contributed by atoms with Gasteiger partial charge >= 0.3 is 0 Å². The zero-order valence-electron chi connectivity index (χ0n) is 15.9. The SMILES string of the molecule is CC(C)NC(=O)CCc1nc(-c2ccc(S(=O)(=O)N3CCOCC3)cc2)no1. The summed E-state index contributed by atoms with van der Waals surface area (Å²) >= 11 is 0. The largest absolute Gasteiger partial charge is 0.379 e. The van der Waals surface area contributed by atoms with E-state index in [1.54, 1.807) is 12.1 Å². The second-order valence-electron chi connectivity index (χ2n) is 6.77. The van der Waals surface area contributed by atoms with Crippen LogP contribution in [0.1, 0.15) is 26.2 Å². The van der Waals surface area contributed by atoms with Crippen molar-refractivity contribution in [1.82, 2.24) is 19.8 Å². The second kappa shape index (κ2) is 8.80. The number of rotatable bonds is 7. The van der Waals surface area contributed by atoms with Crippen LogP contribution in [0.4, 0.5) is 0 Å². The first-order valence-corrected chi connectivity index (χ1v) is 10.6. The summed E-state index contributed by atoms with van der Waals surface area (Å²) in [6.07, 6.45) is 0.603. The van der Waals surface area contributed by atoms with E-state index >= 15 is 0 Å². The molecule has 1 aromatic carbocycles. The fourth-order valence-corrected chi connectivity index (χ4v) is 4.21. The van der Waals surface area contributed by atoms with E-state index in [4.69, 9.17) is 9.26 Å². The highest BCUT2D eigenvalue weighted by atomic mass is 32.2. The summed E-state index contributed by atoms with van der Waals surface area (Å²) in [5, 5.41) is 6.71. The quantitative estimate of drug-likeness (QED) is 0.732. The van der Waals surface area contributed by atoms with Crippen molar-refractivity contribution in [3.63, 3.8) is 0 Å². The average Bonchev–Trinajstić information content (AvgIpc) is 3.16. The van der Waals surface area contributed by atoms with Crippen LogP contribution in [0.2, 0.25) is 0 Å². The molecular weight excluding hydrogens is 384 g/mol. The zero-order chi connectivity index (χ0) is 20.1. The first-order chi connectivity index (χ1) is 13.4. The molecule has 1 saturated heterocycles. The molecule has 1 N–H and O–H groups in total. The number of carbonyl (C=O) groups excluding carboxylic acids is 1. The summed E-state index contributed by atoms with van der Waals surface area (Å²) in [5.74, 6) is 0.640. The van der Waals surface area contributed by atoms with Crippen molar-refractivity contribution in [3.05, 3.63) is 30.2 Å². The molecule has 2 aromatic rings. The molecule has 0 radical (unpaired) electrons. The first kappa shape index (κ1) is 20.4. The molecule has 2 heterocycles. The Labute approximate surface area is 164 Å². The normalized spacial score (nSPS) is 15.7. The number of morpholine rings is 1. The summed E-state index contributed by atoms with van der Waals surface area (Å²) < 4.78 is 37.1. The Hall–Kier alpha value is -2.30. The highest BCUT2D eigenvalue weighted by Gasteiger charge is 2.26. The Morgan fingerprint density at radius 1 is 1.21 bits per heavy atom. The molecule has 1 aromatic heterocycles. The molecule has 1 aliphatic heterocycles. The van der Waals surface area contributed by atoms with E-state index in [-0.39, 0.29) is 23.3 Å². The smallest absolute Gasteiger partial charge is 0.243 e. The van der Waals surface area contributed by atoms with Crippen molar-refractivity contribution in [2.45, 2.75) is 37.6 Å². The molecule has 1 amide bonds. The molecule has 0 spiro atoms. The molecular formula is C18H24N4O5S. The van der Waals surface area contributed by atoms with E-state index in [1.807, 2.05) is 13.8 Å². The van der Waals surface area contributed by atoms with E-state index in [9.17, 15) is 13.2 Å². The maximum absolute atomic E-state index is 12.6. The number of nitrogens with one attached hydrogen (secondary N) is 1. The highest BCUT2D eigenvalue weighted by Crippen LogP contribution is 2.22. The summed E-state index contributed by atoms with van der Waals surface area (Å²) in [5.41, 5.74) is 0.641. The van der Waals surface area contributed by atoms with Gasteiger partial charge in [0.15, 0.2) is 0 Å². The molecule has 0 unspecified atom stereocenters. The topological polar surface area (TPSA) is 115 Å². The number of hydrogen-bond acceptors (Lipinski definition) is 7. The Morgan fingerprint density at radius 2 is 1.89 bits per heavy atom. The van der Waals surface area contributed by atoms with Gasteiger partial charge in [-0.2, -0.15) is 9.29 Å². The van der Waals surface area contributed by atoms with E-state index < -0.39 is 10.0 Å². The van der Waals surface area contributed by atoms with Gasteiger partial charge in [-0.25, -0.2) is 8.42 Å². The van der Waals surface area contributed by atoms with Crippen molar-refractivity contribution in [1.29, 1.82) is 0 Å². The summed E-state index contributed by atoms with van der Waals surface area (Å²) in [4.78, 5) is 16.2. The molecule has 9 nitrogen and oxygen atoms in total. The van der Waals surface area contributed by atoms with Gasteiger partial charge in [0.1, 0.15) is 0 Å². The third-order valence-corrected chi connectivity index (χ3v) is 6.12. The molecule has 10 heteroatoms. The third-order valence-electron chi connectivity index (χ3n) is 4.20. The van der Waals surface area contributed by atoms with Crippen LogP contribution in [0.15, 0.2) is 33.7 Å². The minimum absolute atomic E-state index is 0.0765. The fourth-order valence-electron chi connectivity index (χ4n) is 2.80. The van der Waals surface area contributed by atoms with Crippen LogP contribution in [0, 0.1) is 0 Å². The summed E-state index contributed by atoms with van der Waals surface area (Å²) in [7, 11) is -3.54. The van der Waals surface area contributed by atoms with Gasteiger partial charge in [0.05, 0.1) is 18.1 Å². The van der Waals surface area contributed by atoms with Gasteiger partial charge in [-0.1, -0.05) is 5.16 Å². The van der Waals surface area contributed by atoms with Crippen molar-refractivity contribution in [2.75, 3.05) is 26.3 Å². The number of aromatic nitrogens is 2. The van der Waals surface area contributed by atoms with Crippen LogP contribution in [0.3, 0.4) is 0 Å². The van der Waals surface area contributed by atoms with Gasteiger partial charge in [0.25, 0.3) is 0 Å². The molecule has 0 bridgehead atoms. The lowest BCUT2D eigenvalue weighted by Crippen LogP contribution is -2.40. The lowest BCUT2D eigenvalue weighted by atomic mass is 10.2. The van der Waals surface area contributed by atoms with Gasteiger partial charge in [0.2, 0.25) is 27.6 Å². The van der Waals surface area contributed by atoms with Crippen LogP contribution < -0.4 is 5.32 Å².